The lowest BCUT2D eigenvalue weighted by molar-refractivity contribution is 0.573. The van der Waals surface area contributed by atoms with Gasteiger partial charge in [-0.05, 0) is 117 Å². The Morgan fingerprint density at radius 2 is 1.37 bits per heavy atom. The van der Waals surface area contributed by atoms with Gasteiger partial charge in [0.1, 0.15) is 0 Å². The average Bonchev–Trinajstić information content (AvgIpc) is 2.99. The van der Waals surface area contributed by atoms with Crippen LogP contribution in [0.2, 0.25) is 0 Å². The van der Waals surface area contributed by atoms with Gasteiger partial charge in [-0.3, -0.25) is 0 Å². The molecule has 3 aromatic carbocycles. The number of hydrogen-bond acceptors (Lipinski definition) is 0. The lowest BCUT2D eigenvalue weighted by atomic mass is 9.69. The van der Waals surface area contributed by atoms with E-state index in [0.717, 1.165) is 25.7 Å². The van der Waals surface area contributed by atoms with Crippen molar-refractivity contribution in [3.8, 4) is 0 Å². The highest BCUT2D eigenvalue weighted by Crippen LogP contribution is 2.51. The van der Waals surface area contributed by atoms with Crippen LogP contribution in [0.4, 0.5) is 0 Å². The number of rotatable bonds is 2. The van der Waals surface area contributed by atoms with Crippen molar-refractivity contribution < 1.29 is 0 Å². The van der Waals surface area contributed by atoms with E-state index in [9.17, 15) is 0 Å². The maximum atomic E-state index is 2.52. The third kappa shape index (κ3) is 3.36. The molecule has 2 atom stereocenters. The van der Waals surface area contributed by atoms with Crippen LogP contribution >= 0.6 is 0 Å². The molecular formula is C38H32. The maximum absolute atomic E-state index is 2.52. The Bertz CT molecular complexity index is 1700. The smallest absolute Gasteiger partial charge is 0.0127 e. The molecule has 0 N–H and O–H groups in total. The summed E-state index contributed by atoms with van der Waals surface area (Å²) in [7, 11) is 0. The van der Waals surface area contributed by atoms with Gasteiger partial charge in [-0.1, -0.05) is 103 Å². The zero-order chi connectivity index (χ0) is 25.1. The predicted octanol–water partition coefficient (Wildman–Crippen LogP) is 10.2. The molecule has 0 aromatic heterocycles. The fourth-order valence-electron chi connectivity index (χ4n) is 7.55. The molecule has 0 saturated carbocycles. The highest BCUT2D eigenvalue weighted by Gasteiger charge is 2.32. The van der Waals surface area contributed by atoms with Crippen LogP contribution < -0.4 is 0 Å². The first-order valence-electron chi connectivity index (χ1n) is 14.4. The second-order valence-electron chi connectivity index (χ2n) is 11.4. The maximum Gasteiger partial charge on any atom is 0.0127 e. The SMILES string of the molecule is C1=CCC2C(=C1)C=C(c1c3ccccc3c(C3=CC=C4C=CCCC4C3)c3ccccc13)C1=CCCC=C12. The van der Waals surface area contributed by atoms with E-state index in [1.165, 1.54) is 73.4 Å². The topological polar surface area (TPSA) is 0 Å². The van der Waals surface area contributed by atoms with E-state index in [1.54, 1.807) is 5.57 Å². The van der Waals surface area contributed by atoms with Crippen molar-refractivity contribution in [1.29, 1.82) is 0 Å². The molecule has 8 rings (SSSR count). The van der Waals surface area contributed by atoms with Crippen molar-refractivity contribution in [2.45, 2.75) is 38.5 Å². The summed E-state index contributed by atoms with van der Waals surface area (Å²) >= 11 is 0. The minimum absolute atomic E-state index is 0.505. The Kier molecular flexibility index (Phi) is 5.15. The number of benzene rings is 3. The summed E-state index contributed by atoms with van der Waals surface area (Å²) in [6.45, 7) is 0. The summed E-state index contributed by atoms with van der Waals surface area (Å²) in [5, 5.41) is 5.53. The third-order valence-corrected chi connectivity index (χ3v) is 9.29. The highest BCUT2D eigenvalue weighted by molar-refractivity contribution is 6.18. The molecule has 0 amide bonds. The van der Waals surface area contributed by atoms with Gasteiger partial charge in [-0.25, -0.2) is 0 Å². The van der Waals surface area contributed by atoms with E-state index in [0.29, 0.717) is 11.8 Å². The average molecular weight is 489 g/mol. The van der Waals surface area contributed by atoms with Crippen LogP contribution in [0.25, 0.3) is 32.7 Å². The lowest BCUT2D eigenvalue weighted by Gasteiger charge is -2.34. The van der Waals surface area contributed by atoms with Crippen LogP contribution in [0, 0.1) is 11.8 Å². The van der Waals surface area contributed by atoms with Gasteiger partial charge in [0.25, 0.3) is 0 Å². The number of hydrogen-bond donors (Lipinski definition) is 0. The minimum Gasteiger partial charge on any atom is -0.0842 e. The van der Waals surface area contributed by atoms with Crippen LogP contribution in [-0.2, 0) is 0 Å². The molecule has 5 aliphatic rings. The molecule has 0 fully saturated rings. The van der Waals surface area contributed by atoms with Gasteiger partial charge in [0.05, 0.1) is 0 Å². The molecule has 0 spiro atoms. The second kappa shape index (κ2) is 8.84. The summed E-state index contributed by atoms with van der Waals surface area (Å²) in [6.07, 6.45) is 30.9. The van der Waals surface area contributed by atoms with E-state index >= 15 is 0 Å². The normalized spacial score (nSPS) is 23.9. The van der Waals surface area contributed by atoms with Crippen LogP contribution in [0.3, 0.4) is 0 Å². The van der Waals surface area contributed by atoms with Crippen molar-refractivity contribution in [3.05, 3.63) is 143 Å². The summed E-state index contributed by atoms with van der Waals surface area (Å²) in [5.41, 5.74) is 11.7. The van der Waals surface area contributed by atoms with Crippen LogP contribution in [0.15, 0.2) is 132 Å². The van der Waals surface area contributed by atoms with Crippen molar-refractivity contribution in [2.24, 2.45) is 11.8 Å². The molecule has 0 bridgehead atoms. The van der Waals surface area contributed by atoms with Crippen LogP contribution in [-0.4, -0.2) is 0 Å². The molecule has 0 heteroatoms. The fourth-order valence-corrected chi connectivity index (χ4v) is 7.55. The molecule has 184 valence electrons. The summed E-state index contributed by atoms with van der Waals surface area (Å²) < 4.78 is 0. The minimum atomic E-state index is 0.505. The summed E-state index contributed by atoms with van der Waals surface area (Å²) in [4.78, 5) is 0. The highest BCUT2D eigenvalue weighted by atomic mass is 14.4. The van der Waals surface area contributed by atoms with Crippen molar-refractivity contribution in [3.63, 3.8) is 0 Å². The number of fused-ring (bicyclic) bond motifs is 6. The second-order valence-corrected chi connectivity index (χ2v) is 11.4. The van der Waals surface area contributed by atoms with Crippen LogP contribution in [0.5, 0.6) is 0 Å². The molecule has 0 radical (unpaired) electrons. The van der Waals surface area contributed by atoms with E-state index in [1.807, 2.05) is 0 Å². The van der Waals surface area contributed by atoms with Gasteiger partial charge in [0.15, 0.2) is 0 Å². The fraction of sp³-hybridized carbons (Fsp3) is 0.211. The predicted molar refractivity (Wildman–Crippen MR) is 163 cm³/mol. The van der Waals surface area contributed by atoms with E-state index in [-0.39, 0.29) is 0 Å². The van der Waals surface area contributed by atoms with E-state index in [2.05, 4.69) is 109 Å². The molecule has 0 saturated heterocycles. The van der Waals surface area contributed by atoms with Gasteiger partial charge in [0.2, 0.25) is 0 Å². The van der Waals surface area contributed by atoms with Gasteiger partial charge in [-0.2, -0.15) is 0 Å². The van der Waals surface area contributed by atoms with E-state index in [4.69, 9.17) is 0 Å². The van der Waals surface area contributed by atoms with Gasteiger partial charge >= 0.3 is 0 Å². The Hall–Kier alpha value is -3.90. The number of allylic oxidation sites excluding steroid dienone is 16. The first-order valence-corrected chi connectivity index (χ1v) is 14.4. The Balaban J connectivity index is 1.43. The third-order valence-electron chi connectivity index (χ3n) is 9.29. The molecule has 38 heavy (non-hydrogen) atoms. The zero-order valence-corrected chi connectivity index (χ0v) is 21.8. The monoisotopic (exact) mass is 488 g/mol. The molecule has 0 heterocycles. The summed E-state index contributed by atoms with van der Waals surface area (Å²) in [6, 6.07) is 18.4. The lowest BCUT2D eigenvalue weighted by Crippen LogP contribution is -2.17. The largest absolute Gasteiger partial charge is 0.0842 e. The molecule has 5 aliphatic carbocycles. The molecular weight excluding hydrogens is 456 g/mol. The van der Waals surface area contributed by atoms with Crippen molar-refractivity contribution >= 4 is 32.7 Å². The molecule has 2 unspecified atom stereocenters. The van der Waals surface area contributed by atoms with Crippen LogP contribution in [0.1, 0.15) is 49.7 Å². The quantitative estimate of drug-likeness (QED) is 0.315. The molecule has 3 aromatic rings. The molecule has 0 aliphatic heterocycles. The Labute approximate surface area is 225 Å². The van der Waals surface area contributed by atoms with Crippen molar-refractivity contribution in [1.82, 2.24) is 0 Å². The van der Waals surface area contributed by atoms with Gasteiger partial charge < -0.3 is 0 Å². The Morgan fingerprint density at radius 3 is 2.16 bits per heavy atom. The van der Waals surface area contributed by atoms with Gasteiger partial charge in [0, 0.05) is 5.92 Å². The van der Waals surface area contributed by atoms with Gasteiger partial charge in [-0.15, -0.1) is 0 Å². The first-order chi connectivity index (χ1) is 18.9. The molecule has 0 nitrogen and oxygen atoms in total. The zero-order valence-electron chi connectivity index (χ0n) is 21.8. The summed E-state index contributed by atoms with van der Waals surface area (Å²) in [5.74, 6) is 1.14. The first kappa shape index (κ1) is 22.1. The van der Waals surface area contributed by atoms with Crippen molar-refractivity contribution in [2.75, 3.05) is 0 Å². The Morgan fingerprint density at radius 1 is 0.632 bits per heavy atom. The standard InChI is InChI=1S/C38H32/c1-2-12-26-23-28(22-21-25(26)11-1)37-32-17-7-9-19-34(32)38(35-20-10-8-18-33(35)37)36-24-27-13-3-4-14-29(27)30-15-5-6-16-31(30)36/h1,3-4,7-11,13,15-22,24,26,29H,2,5-6,12,14,23H2. The van der Waals surface area contributed by atoms with E-state index < -0.39 is 0 Å².